The molecule has 0 fully saturated rings. The van der Waals surface area contributed by atoms with E-state index in [9.17, 15) is 9.18 Å². The number of rotatable bonds is 6. The second-order valence-electron chi connectivity index (χ2n) is 3.38. The van der Waals surface area contributed by atoms with Crippen LogP contribution < -0.4 is 10.1 Å². The van der Waals surface area contributed by atoms with E-state index < -0.39 is 11.7 Å². The van der Waals surface area contributed by atoms with Gasteiger partial charge in [-0.25, -0.2) is 4.39 Å². The minimum atomic E-state index is -0.637. The summed E-state index contributed by atoms with van der Waals surface area (Å²) < 4.78 is 18.4. The summed E-state index contributed by atoms with van der Waals surface area (Å²) in [4.78, 5) is 14.3. The van der Waals surface area contributed by atoms with Crippen molar-refractivity contribution in [1.29, 1.82) is 0 Å². The fourth-order valence-electron chi connectivity index (χ4n) is 1.38. The van der Waals surface area contributed by atoms with Gasteiger partial charge in [-0.3, -0.25) is 4.79 Å². The fraction of sp³-hybridized carbons (Fsp3) is 0.364. The van der Waals surface area contributed by atoms with Gasteiger partial charge in [0.05, 0.1) is 7.11 Å². The molecular weight excluding hydrogens is 239 g/mol. The minimum Gasteiger partial charge on any atom is -0.496 e. The average molecular weight is 252 g/mol. The van der Waals surface area contributed by atoms with Gasteiger partial charge in [0.25, 0.3) is 5.91 Å². The molecule has 18 heavy (non-hydrogen) atoms. The molecule has 0 radical (unpaired) electrons. The molecule has 6 nitrogen and oxygen atoms in total. The highest BCUT2D eigenvalue weighted by Crippen LogP contribution is 2.20. The van der Waals surface area contributed by atoms with Crippen molar-refractivity contribution in [3.8, 4) is 5.75 Å². The maximum atomic E-state index is 13.5. The molecule has 0 spiro atoms. The Kier molecular flexibility index (Phi) is 5.47. The zero-order valence-corrected chi connectivity index (χ0v) is 9.89. The number of hydrogen-bond donors (Lipinski definition) is 1. The second kappa shape index (κ2) is 7.13. The number of methoxy groups -OCH3 is 1. The first-order chi connectivity index (χ1) is 8.70. The lowest BCUT2D eigenvalue weighted by atomic mass is 10.1. The van der Waals surface area contributed by atoms with Gasteiger partial charge in [0, 0.05) is 18.0 Å². The van der Waals surface area contributed by atoms with E-state index in [0.717, 1.165) is 0 Å². The van der Waals surface area contributed by atoms with E-state index in [1.165, 1.54) is 25.3 Å². The normalized spacial score (nSPS) is 9.44. The molecule has 0 atom stereocenters. The van der Waals surface area contributed by atoms with Crippen LogP contribution in [0, 0.1) is 5.82 Å². The summed E-state index contributed by atoms with van der Waals surface area (Å²) in [5.41, 5.74) is 7.94. The molecule has 0 aromatic heterocycles. The molecule has 0 aliphatic carbocycles. The van der Waals surface area contributed by atoms with Crippen LogP contribution in [0.5, 0.6) is 5.75 Å². The summed E-state index contributed by atoms with van der Waals surface area (Å²) in [7, 11) is 1.37. The highest BCUT2D eigenvalue weighted by Gasteiger charge is 2.16. The van der Waals surface area contributed by atoms with E-state index in [1.54, 1.807) is 0 Å². The largest absolute Gasteiger partial charge is 0.496 e. The van der Waals surface area contributed by atoms with Crippen LogP contribution in [0.2, 0.25) is 0 Å². The summed E-state index contributed by atoms with van der Waals surface area (Å²) in [5.74, 6) is -1.00. The highest BCUT2D eigenvalue weighted by molar-refractivity contribution is 5.97. The van der Waals surface area contributed by atoms with Crippen LogP contribution in [0.3, 0.4) is 0 Å². The maximum absolute atomic E-state index is 13.5. The lowest BCUT2D eigenvalue weighted by Gasteiger charge is -2.09. The van der Waals surface area contributed by atoms with E-state index in [1.807, 2.05) is 0 Å². The SMILES string of the molecule is COc1cccc(F)c1C(=O)NCCCN=[N+]=[N-]. The number of amides is 1. The van der Waals surface area contributed by atoms with Crippen LogP contribution in [0.25, 0.3) is 10.4 Å². The third-order valence-corrected chi connectivity index (χ3v) is 2.21. The topological polar surface area (TPSA) is 87.1 Å². The van der Waals surface area contributed by atoms with Gasteiger partial charge in [-0.1, -0.05) is 11.2 Å². The van der Waals surface area contributed by atoms with Crippen molar-refractivity contribution in [1.82, 2.24) is 5.32 Å². The van der Waals surface area contributed by atoms with Crippen molar-refractivity contribution in [3.05, 3.63) is 40.0 Å². The Morgan fingerprint density at radius 1 is 1.61 bits per heavy atom. The molecule has 0 aliphatic heterocycles. The van der Waals surface area contributed by atoms with Crippen LogP contribution in [-0.2, 0) is 0 Å². The third kappa shape index (κ3) is 3.64. The molecule has 1 amide bonds. The van der Waals surface area contributed by atoms with Gasteiger partial charge < -0.3 is 10.1 Å². The smallest absolute Gasteiger partial charge is 0.258 e. The van der Waals surface area contributed by atoms with Crippen LogP contribution in [0.4, 0.5) is 4.39 Å². The molecule has 1 aromatic rings. The quantitative estimate of drug-likeness (QED) is 0.364. The van der Waals surface area contributed by atoms with Crippen molar-refractivity contribution < 1.29 is 13.9 Å². The van der Waals surface area contributed by atoms with Crippen molar-refractivity contribution in [2.45, 2.75) is 6.42 Å². The summed E-state index contributed by atoms with van der Waals surface area (Å²) in [5, 5.41) is 5.85. The van der Waals surface area contributed by atoms with E-state index >= 15 is 0 Å². The van der Waals surface area contributed by atoms with Crippen LogP contribution >= 0.6 is 0 Å². The Labute approximate surface area is 103 Å². The number of carbonyl (C=O) groups is 1. The van der Waals surface area contributed by atoms with Gasteiger partial charge in [0.1, 0.15) is 17.1 Å². The number of nitrogens with zero attached hydrogens (tertiary/aromatic N) is 3. The van der Waals surface area contributed by atoms with Gasteiger partial charge in [-0.2, -0.15) is 0 Å². The molecule has 0 saturated carbocycles. The first-order valence-electron chi connectivity index (χ1n) is 5.32. The second-order valence-corrected chi connectivity index (χ2v) is 3.38. The maximum Gasteiger partial charge on any atom is 0.258 e. The Hall–Kier alpha value is -2.27. The molecular formula is C11H13FN4O2. The molecule has 1 N–H and O–H groups in total. The van der Waals surface area contributed by atoms with E-state index in [0.29, 0.717) is 13.0 Å². The Balaban J connectivity index is 2.63. The van der Waals surface area contributed by atoms with E-state index in [-0.39, 0.29) is 17.9 Å². The molecule has 7 heteroatoms. The van der Waals surface area contributed by atoms with E-state index in [4.69, 9.17) is 10.3 Å². The van der Waals surface area contributed by atoms with Gasteiger partial charge in [0.2, 0.25) is 0 Å². The standard InChI is InChI=1S/C11H13FN4O2/c1-18-9-5-2-4-8(12)10(9)11(17)14-6-3-7-15-16-13/h2,4-5H,3,6-7H2,1H3,(H,14,17). The zero-order chi connectivity index (χ0) is 13.4. The van der Waals surface area contributed by atoms with Crippen LogP contribution in [-0.4, -0.2) is 26.1 Å². The van der Waals surface area contributed by atoms with Crippen molar-refractivity contribution in [3.63, 3.8) is 0 Å². The molecule has 1 rings (SSSR count). The highest BCUT2D eigenvalue weighted by atomic mass is 19.1. The molecule has 0 saturated heterocycles. The Morgan fingerprint density at radius 2 is 2.39 bits per heavy atom. The average Bonchev–Trinajstić information content (AvgIpc) is 2.37. The number of azide groups is 1. The number of hydrogen-bond acceptors (Lipinski definition) is 3. The van der Waals surface area contributed by atoms with Crippen LogP contribution in [0.1, 0.15) is 16.8 Å². The fourth-order valence-corrected chi connectivity index (χ4v) is 1.38. The van der Waals surface area contributed by atoms with Gasteiger partial charge >= 0.3 is 0 Å². The monoisotopic (exact) mass is 252 g/mol. The predicted octanol–water partition coefficient (Wildman–Crippen LogP) is 2.26. The molecule has 0 unspecified atom stereocenters. The van der Waals surface area contributed by atoms with E-state index in [2.05, 4.69) is 15.3 Å². The molecule has 0 bridgehead atoms. The van der Waals surface area contributed by atoms with Crippen molar-refractivity contribution in [2.24, 2.45) is 5.11 Å². The lowest BCUT2D eigenvalue weighted by molar-refractivity contribution is 0.0946. The van der Waals surface area contributed by atoms with Gasteiger partial charge in [-0.15, -0.1) is 0 Å². The van der Waals surface area contributed by atoms with Gasteiger partial charge in [0.15, 0.2) is 0 Å². The number of benzene rings is 1. The number of nitrogens with one attached hydrogen (secondary N) is 1. The predicted molar refractivity (Wildman–Crippen MR) is 63.9 cm³/mol. The molecule has 0 heterocycles. The first-order valence-corrected chi connectivity index (χ1v) is 5.32. The lowest BCUT2D eigenvalue weighted by Crippen LogP contribution is -2.26. The van der Waals surface area contributed by atoms with Crippen LogP contribution in [0.15, 0.2) is 23.3 Å². The number of ether oxygens (including phenoxy) is 1. The van der Waals surface area contributed by atoms with Gasteiger partial charge in [-0.05, 0) is 24.1 Å². The summed E-state index contributed by atoms with van der Waals surface area (Å²) in [6.45, 7) is 0.584. The van der Waals surface area contributed by atoms with Crippen molar-refractivity contribution >= 4 is 5.91 Å². The Morgan fingerprint density at radius 3 is 3.06 bits per heavy atom. The third-order valence-electron chi connectivity index (χ3n) is 2.21. The summed E-state index contributed by atoms with van der Waals surface area (Å²) in [6, 6.07) is 4.17. The molecule has 1 aromatic carbocycles. The first kappa shape index (κ1) is 13.8. The minimum absolute atomic E-state index is 0.121. The molecule has 0 aliphatic rings. The summed E-state index contributed by atoms with van der Waals surface area (Å²) in [6.07, 6.45) is 0.493. The number of carbonyl (C=O) groups excluding carboxylic acids is 1. The zero-order valence-electron chi connectivity index (χ0n) is 9.89. The van der Waals surface area contributed by atoms with Crippen molar-refractivity contribution in [2.75, 3.05) is 20.2 Å². The summed E-state index contributed by atoms with van der Waals surface area (Å²) >= 11 is 0. The molecule has 96 valence electrons. The number of halogens is 1. The Bertz CT molecular complexity index is 472.